The van der Waals surface area contributed by atoms with E-state index < -0.39 is 10.0 Å². The van der Waals surface area contributed by atoms with Crippen LogP contribution in [0.4, 0.5) is 0 Å². The molecule has 35 heavy (non-hydrogen) atoms. The van der Waals surface area contributed by atoms with Crippen molar-refractivity contribution in [3.8, 4) is 17.1 Å². The molecule has 1 atom stereocenters. The van der Waals surface area contributed by atoms with Gasteiger partial charge >= 0.3 is 0 Å². The first-order valence-electron chi connectivity index (χ1n) is 12.3. The molecule has 11 heteroatoms. The van der Waals surface area contributed by atoms with E-state index in [0.717, 1.165) is 38.9 Å². The summed E-state index contributed by atoms with van der Waals surface area (Å²) in [6.07, 6.45) is 3.54. The van der Waals surface area contributed by atoms with Crippen LogP contribution in [0.1, 0.15) is 44.6 Å². The van der Waals surface area contributed by atoms with E-state index in [1.807, 2.05) is 13.8 Å². The van der Waals surface area contributed by atoms with E-state index in [0.29, 0.717) is 47.3 Å². The summed E-state index contributed by atoms with van der Waals surface area (Å²) in [6, 6.07) is 4.60. The Morgan fingerprint density at radius 3 is 2.66 bits per heavy atom. The smallest absolute Gasteiger partial charge is 0.277 e. The highest BCUT2D eigenvalue weighted by Crippen LogP contribution is 2.32. The van der Waals surface area contributed by atoms with Crippen molar-refractivity contribution in [2.24, 2.45) is 5.92 Å². The number of benzene rings is 1. The maximum absolute atomic E-state index is 13.4. The van der Waals surface area contributed by atoms with Gasteiger partial charge in [0.05, 0.1) is 22.8 Å². The summed E-state index contributed by atoms with van der Waals surface area (Å²) in [7, 11) is -3.78. The number of fused-ring (bicyclic) bond motifs is 4. The van der Waals surface area contributed by atoms with E-state index in [4.69, 9.17) is 4.74 Å². The summed E-state index contributed by atoms with van der Waals surface area (Å²) in [6.45, 7) is 8.85. The number of piperidine rings is 3. The standard InChI is InChI=1S/C24H32N6O4S/c1-4-6-21-25-15(3)22-24(31)26-23(27-30(21)22)18-13-17(7-8-20(18)34-5-2)35(32,33)28-19-14-29-11-9-16(19)10-12-29/h7-8,13,16,19,28H,4-6,9-12,14H2,1-3H3,(H,26,27,31). The second kappa shape index (κ2) is 9.36. The molecule has 3 saturated heterocycles. The van der Waals surface area contributed by atoms with Crippen LogP contribution in [0.5, 0.6) is 5.75 Å². The number of nitrogens with zero attached hydrogens (tertiary/aromatic N) is 4. The minimum atomic E-state index is -3.78. The molecule has 0 amide bonds. The molecule has 3 aliphatic rings. The van der Waals surface area contributed by atoms with Gasteiger partial charge in [0, 0.05) is 19.0 Å². The minimum Gasteiger partial charge on any atom is -0.493 e. The Morgan fingerprint density at radius 1 is 1.23 bits per heavy atom. The summed E-state index contributed by atoms with van der Waals surface area (Å²) in [5.74, 6) is 1.74. The molecule has 0 saturated carbocycles. The highest BCUT2D eigenvalue weighted by molar-refractivity contribution is 7.89. The van der Waals surface area contributed by atoms with Crippen LogP contribution in [-0.4, -0.2) is 65.2 Å². The van der Waals surface area contributed by atoms with E-state index >= 15 is 0 Å². The lowest BCUT2D eigenvalue weighted by atomic mass is 9.85. The highest BCUT2D eigenvalue weighted by Gasteiger charge is 2.36. The van der Waals surface area contributed by atoms with E-state index in [9.17, 15) is 13.2 Å². The number of H-pyrrole nitrogens is 1. The summed E-state index contributed by atoms with van der Waals surface area (Å²) in [4.78, 5) is 22.7. The molecule has 188 valence electrons. The van der Waals surface area contributed by atoms with Gasteiger partial charge in [-0.05, 0) is 70.3 Å². The van der Waals surface area contributed by atoms with Gasteiger partial charge in [-0.25, -0.2) is 22.6 Å². The van der Waals surface area contributed by atoms with Crippen LogP contribution in [-0.2, 0) is 16.4 Å². The zero-order valence-electron chi connectivity index (χ0n) is 20.4. The quantitative estimate of drug-likeness (QED) is 0.486. The molecule has 5 heterocycles. The molecular weight excluding hydrogens is 468 g/mol. The molecule has 10 nitrogen and oxygen atoms in total. The molecule has 2 bridgehead atoms. The molecule has 3 fully saturated rings. The number of ether oxygens (including phenoxy) is 1. The van der Waals surface area contributed by atoms with Crippen LogP contribution in [0.15, 0.2) is 27.9 Å². The number of nitrogens with one attached hydrogen (secondary N) is 2. The maximum atomic E-state index is 13.4. The Balaban J connectivity index is 1.57. The van der Waals surface area contributed by atoms with Crippen molar-refractivity contribution in [1.82, 2.24) is 29.2 Å². The molecule has 2 N–H and O–H groups in total. The fourth-order valence-corrected chi connectivity index (χ4v) is 6.57. The van der Waals surface area contributed by atoms with Crippen molar-refractivity contribution in [1.29, 1.82) is 0 Å². The minimum absolute atomic E-state index is 0.0997. The number of sulfonamides is 1. The first-order valence-corrected chi connectivity index (χ1v) is 13.8. The van der Waals surface area contributed by atoms with Gasteiger partial charge in [-0.15, -0.1) is 5.10 Å². The van der Waals surface area contributed by atoms with Crippen molar-refractivity contribution in [2.45, 2.75) is 57.4 Å². The fraction of sp³-hybridized carbons (Fsp3) is 0.542. The van der Waals surface area contributed by atoms with E-state index in [2.05, 4.69) is 24.7 Å². The monoisotopic (exact) mass is 500 g/mol. The van der Waals surface area contributed by atoms with Crippen LogP contribution in [0.2, 0.25) is 0 Å². The lowest BCUT2D eigenvalue weighted by molar-refractivity contribution is 0.0827. The van der Waals surface area contributed by atoms with Crippen molar-refractivity contribution in [3.63, 3.8) is 0 Å². The summed E-state index contributed by atoms with van der Waals surface area (Å²) >= 11 is 0. The SMILES string of the molecule is CCCc1nc(C)c2c(=O)[nH]c(-c3cc(S(=O)(=O)NC4CN5CCC4CC5)ccc3OCC)nn12. The van der Waals surface area contributed by atoms with Gasteiger partial charge in [-0.2, -0.15) is 0 Å². The molecule has 0 radical (unpaired) electrons. The second-order valence-electron chi connectivity index (χ2n) is 9.38. The maximum Gasteiger partial charge on any atom is 0.277 e. The summed E-state index contributed by atoms with van der Waals surface area (Å²) in [5, 5.41) is 4.66. The van der Waals surface area contributed by atoms with E-state index in [-0.39, 0.29) is 22.3 Å². The largest absolute Gasteiger partial charge is 0.493 e. The average molecular weight is 501 g/mol. The number of aryl methyl sites for hydroxylation is 2. The Kier molecular flexibility index (Phi) is 6.41. The Hall–Kier alpha value is -2.76. The van der Waals surface area contributed by atoms with Crippen LogP contribution in [0.25, 0.3) is 16.9 Å². The lowest BCUT2D eigenvalue weighted by Gasteiger charge is -2.44. The Bertz CT molecular complexity index is 1410. The van der Waals surface area contributed by atoms with Crippen molar-refractivity contribution in [2.75, 3.05) is 26.2 Å². The zero-order valence-corrected chi connectivity index (χ0v) is 21.2. The average Bonchev–Trinajstić information content (AvgIpc) is 3.15. The predicted molar refractivity (Wildman–Crippen MR) is 132 cm³/mol. The highest BCUT2D eigenvalue weighted by atomic mass is 32.2. The lowest BCUT2D eigenvalue weighted by Crippen LogP contribution is -2.57. The summed E-state index contributed by atoms with van der Waals surface area (Å²) in [5.41, 5.74) is 1.08. The van der Waals surface area contributed by atoms with Crippen LogP contribution in [0, 0.1) is 12.8 Å². The number of aromatic amines is 1. The third kappa shape index (κ3) is 4.48. The molecule has 0 aliphatic carbocycles. The van der Waals surface area contributed by atoms with Crippen molar-refractivity contribution in [3.05, 3.63) is 40.1 Å². The number of hydrogen-bond acceptors (Lipinski definition) is 7. The normalized spacial score (nSPS) is 22.1. The topological polar surface area (TPSA) is 122 Å². The van der Waals surface area contributed by atoms with Gasteiger partial charge in [0.25, 0.3) is 5.56 Å². The second-order valence-corrected chi connectivity index (χ2v) is 11.1. The predicted octanol–water partition coefficient (Wildman–Crippen LogP) is 2.12. The number of hydrogen-bond donors (Lipinski definition) is 2. The van der Waals surface area contributed by atoms with E-state index in [1.54, 1.807) is 23.6 Å². The molecule has 1 aromatic carbocycles. The van der Waals surface area contributed by atoms with E-state index in [1.165, 1.54) is 6.07 Å². The number of rotatable bonds is 8. The summed E-state index contributed by atoms with van der Waals surface area (Å²) < 4.78 is 37.0. The zero-order chi connectivity index (χ0) is 24.7. The van der Waals surface area contributed by atoms with Gasteiger partial charge in [0.1, 0.15) is 11.6 Å². The van der Waals surface area contributed by atoms with Gasteiger partial charge < -0.3 is 14.6 Å². The number of imidazole rings is 1. The molecule has 3 aliphatic heterocycles. The van der Waals surface area contributed by atoms with Gasteiger partial charge in [0.2, 0.25) is 10.0 Å². The molecule has 2 aromatic heterocycles. The Morgan fingerprint density at radius 2 is 2.00 bits per heavy atom. The van der Waals surface area contributed by atoms with Crippen molar-refractivity contribution >= 4 is 15.5 Å². The van der Waals surface area contributed by atoms with Gasteiger partial charge in [-0.3, -0.25) is 4.79 Å². The number of aromatic nitrogens is 4. The first kappa shape index (κ1) is 24.0. The van der Waals surface area contributed by atoms with Crippen molar-refractivity contribution < 1.29 is 13.2 Å². The fourth-order valence-electron chi connectivity index (χ4n) is 5.25. The molecule has 3 aromatic rings. The third-order valence-electron chi connectivity index (χ3n) is 7.00. The molecule has 0 spiro atoms. The Labute approximate surface area is 204 Å². The first-order chi connectivity index (χ1) is 16.8. The van der Waals surface area contributed by atoms with Gasteiger partial charge in [0.15, 0.2) is 11.3 Å². The van der Waals surface area contributed by atoms with Crippen LogP contribution < -0.4 is 15.0 Å². The molecule has 1 unspecified atom stereocenters. The third-order valence-corrected chi connectivity index (χ3v) is 8.48. The van der Waals surface area contributed by atoms with Gasteiger partial charge in [-0.1, -0.05) is 6.92 Å². The van der Waals surface area contributed by atoms with Crippen LogP contribution in [0.3, 0.4) is 0 Å². The van der Waals surface area contributed by atoms with Crippen LogP contribution >= 0.6 is 0 Å². The molecule has 6 rings (SSSR count). The molecular formula is C24H32N6O4S.